The van der Waals surface area contributed by atoms with Crippen molar-refractivity contribution >= 4 is 24.0 Å². The largest absolute Gasteiger partial charge is 0.352 e. The van der Waals surface area contributed by atoms with Gasteiger partial charge in [-0.1, -0.05) is 0 Å². The number of carbonyl (C=O) groups excluding carboxylic acids is 1. The number of nitrogens with one attached hydrogen (secondary N) is 2. The minimum atomic E-state index is -0.688. The van der Waals surface area contributed by atoms with E-state index in [1.807, 2.05) is 0 Å². The molecule has 8 heteroatoms. The molecule has 0 bridgehead atoms. The van der Waals surface area contributed by atoms with E-state index in [4.69, 9.17) is 0 Å². The van der Waals surface area contributed by atoms with Gasteiger partial charge in [0, 0.05) is 18.7 Å². The SMILES string of the molecule is Cl.O=C(NCC[C@H]1CCCN1)c1cc(F)ccc1[N+](=O)[O-]. The van der Waals surface area contributed by atoms with Gasteiger partial charge in [-0.3, -0.25) is 14.9 Å². The van der Waals surface area contributed by atoms with Crippen LogP contribution < -0.4 is 10.6 Å². The average Bonchev–Trinajstić information content (AvgIpc) is 2.91. The molecule has 21 heavy (non-hydrogen) atoms. The van der Waals surface area contributed by atoms with Crippen LogP contribution >= 0.6 is 12.4 Å². The van der Waals surface area contributed by atoms with Crippen LogP contribution in [0.2, 0.25) is 0 Å². The molecule has 0 aromatic heterocycles. The fourth-order valence-corrected chi connectivity index (χ4v) is 2.31. The number of halogens is 2. The fraction of sp³-hybridized carbons (Fsp3) is 0.462. The second kappa shape index (κ2) is 7.90. The molecular formula is C13H17ClFN3O3. The summed E-state index contributed by atoms with van der Waals surface area (Å²) < 4.78 is 13.1. The third kappa shape index (κ3) is 4.64. The molecule has 1 amide bonds. The van der Waals surface area contributed by atoms with Crippen molar-refractivity contribution in [3.8, 4) is 0 Å². The standard InChI is InChI=1S/C13H16FN3O3.ClH/c14-9-3-4-12(17(19)20)11(8-9)13(18)16-7-5-10-2-1-6-15-10;/h3-4,8,10,15H,1-2,5-7H2,(H,16,18);1H/t10-;/m1./s1. The normalized spacial score (nSPS) is 17.1. The van der Waals surface area contributed by atoms with Crippen LogP contribution in [0.15, 0.2) is 18.2 Å². The molecule has 1 fully saturated rings. The first-order chi connectivity index (χ1) is 9.58. The number of nitro benzene ring substituents is 1. The van der Waals surface area contributed by atoms with Gasteiger partial charge in [-0.25, -0.2) is 4.39 Å². The molecular weight excluding hydrogens is 301 g/mol. The van der Waals surface area contributed by atoms with Gasteiger partial charge >= 0.3 is 0 Å². The molecule has 0 saturated carbocycles. The van der Waals surface area contributed by atoms with Crippen molar-refractivity contribution < 1.29 is 14.1 Å². The van der Waals surface area contributed by atoms with Crippen LogP contribution in [0.3, 0.4) is 0 Å². The smallest absolute Gasteiger partial charge is 0.282 e. The molecule has 0 radical (unpaired) electrons. The number of nitrogens with zero attached hydrogens (tertiary/aromatic N) is 1. The molecule has 1 heterocycles. The van der Waals surface area contributed by atoms with Gasteiger partial charge in [0.2, 0.25) is 0 Å². The molecule has 1 aliphatic rings. The molecule has 0 spiro atoms. The molecule has 1 atom stereocenters. The van der Waals surface area contributed by atoms with E-state index in [-0.39, 0.29) is 23.7 Å². The van der Waals surface area contributed by atoms with Gasteiger partial charge in [0.05, 0.1) is 4.92 Å². The van der Waals surface area contributed by atoms with Crippen LogP contribution in [0.4, 0.5) is 10.1 Å². The molecule has 1 aromatic rings. The van der Waals surface area contributed by atoms with Crippen molar-refractivity contribution in [2.45, 2.75) is 25.3 Å². The summed E-state index contributed by atoms with van der Waals surface area (Å²) in [7, 11) is 0. The number of amides is 1. The zero-order valence-corrected chi connectivity index (χ0v) is 12.1. The minimum Gasteiger partial charge on any atom is -0.352 e. The monoisotopic (exact) mass is 317 g/mol. The number of rotatable bonds is 5. The Bertz CT molecular complexity index is 521. The molecule has 1 aromatic carbocycles. The Labute approximate surface area is 127 Å². The summed E-state index contributed by atoms with van der Waals surface area (Å²) in [4.78, 5) is 22.0. The van der Waals surface area contributed by atoms with Crippen molar-refractivity contribution in [2.24, 2.45) is 0 Å². The Morgan fingerprint density at radius 2 is 2.29 bits per heavy atom. The van der Waals surface area contributed by atoms with Crippen molar-refractivity contribution in [3.05, 3.63) is 39.7 Å². The highest BCUT2D eigenvalue weighted by Crippen LogP contribution is 2.19. The van der Waals surface area contributed by atoms with E-state index < -0.39 is 16.6 Å². The second-order valence-electron chi connectivity index (χ2n) is 4.76. The van der Waals surface area contributed by atoms with Crippen LogP contribution in [-0.2, 0) is 0 Å². The molecule has 0 unspecified atom stereocenters. The lowest BCUT2D eigenvalue weighted by Gasteiger charge is -2.10. The summed E-state index contributed by atoms with van der Waals surface area (Å²) in [5, 5.41) is 16.7. The molecule has 1 saturated heterocycles. The van der Waals surface area contributed by atoms with E-state index in [1.165, 1.54) is 0 Å². The summed E-state index contributed by atoms with van der Waals surface area (Å²) in [6.07, 6.45) is 2.94. The van der Waals surface area contributed by atoms with E-state index >= 15 is 0 Å². The molecule has 2 rings (SSSR count). The summed E-state index contributed by atoms with van der Waals surface area (Å²) in [5.74, 6) is -1.28. The highest BCUT2D eigenvalue weighted by molar-refractivity contribution is 5.98. The zero-order valence-electron chi connectivity index (χ0n) is 11.3. The number of hydrogen-bond donors (Lipinski definition) is 2. The lowest BCUT2D eigenvalue weighted by molar-refractivity contribution is -0.385. The van der Waals surface area contributed by atoms with E-state index in [9.17, 15) is 19.3 Å². The lowest BCUT2D eigenvalue weighted by atomic mass is 10.1. The quantitative estimate of drug-likeness (QED) is 0.643. The second-order valence-corrected chi connectivity index (χ2v) is 4.76. The van der Waals surface area contributed by atoms with Crippen molar-refractivity contribution in [3.63, 3.8) is 0 Å². The Morgan fingerprint density at radius 1 is 1.52 bits per heavy atom. The van der Waals surface area contributed by atoms with Crippen molar-refractivity contribution in [1.82, 2.24) is 10.6 Å². The zero-order chi connectivity index (χ0) is 14.5. The van der Waals surface area contributed by atoms with Crippen LogP contribution in [0.1, 0.15) is 29.6 Å². The molecule has 6 nitrogen and oxygen atoms in total. The third-order valence-corrected chi connectivity index (χ3v) is 3.34. The minimum absolute atomic E-state index is 0. The summed E-state index contributed by atoms with van der Waals surface area (Å²) in [6.45, 7) is 1.39. The van der Waals surface area contributed by atoms with Gasteiger partial charge in [-0.05, 0) is 37.9 Å². The molecule has 1 aliphatic heterocycles. The summed E-state index contributed by atoms with van der Waals surface area (Å²) in [5.41, 5.74) is -0.628. The number of nitro groups is 1. The maximum absolute atomic E-state index is 13.1. The first-order valence-corrected chi connectivity index (χ1v) is 6.53. The first-order valence-electron chi connectivity index (χ1n) is 6.53. The maximum Gasteiger partial charge on any atom is 0.282 e. The van der Waals surface area contributed by atoms with Crippen molar-refractivity contribution in [2.75, 3.05) is 13.1 Å². The molecule has 116 valence electrons. The Hall–Kier alpha value is -1.73. The van der Waals surface area contributed by atoms with Crippen LogP contribution in [0, 0.1) is 15.9 Å². The van der Waals surface area contributed by atoms with Gasteiger partial charge in [-0.15, -0.1) is 12.4 Å². The number of carbonyl (C=O) groups is 1. The van der Waals surface area contributed by atoms with E-state index in [2.05, 4.69) is 10.6 Å². The van der Waals surface area contributed by atoms with E-state index in [0.717, 1.165) is 44.0 Å². The van der Waals surface area contributed by atoms with Crippen LogP contribution in [0.25, 0.3) is 0 Å². The first kappa shape index (κ1) is 17.3. The predicted octanol–water partition coefficient (Wildman–Crippen LogP) is 2.03. The lowest BCUT2D eigenvalue weighted by Crippen LogP contribution is -2.31. The topological polar surface area (TPSA) is 84.3 Å². The van der Waals surface area contributed by atoms with Crippen LogP contribution in [-0.4, -0.2) is 30.0 Å². The predicted molar refractivity (Wildman–Crippen MR) is 78.3 cm³/mol. The Morgan fingerprint density at radius 3 is 2.90 bits per heavy atom. The van der Waals surface area contributed by atoms with Gasteiger partial charge in [-0.2, -0.15) is 0 Å². The highest BCUT2D eigenvalue weighted by atomic mass is 35.5. The average molecular weight is 318 g/mol. The Balaban J connectivity index is 0.00000220. The molecule has 2 N–H and O–H groups in total. The summed E-state index contributed by atoms with van der Waals surface area (Å²) >= 11 is 0. The van der Waals surface area contributed by atoms with Gasteiger partial charge in [0.25, 0.3) is 11.6 Å². The van der Waals surface area contributed by atoms with Gasteiger partial charge < -0.3 is 10.6 Å². The summed E-state index contributed by atoms with van der Waals surface area (Å²) in [6, 6.07) is 3.24. The Kier molecular flexibility index (Phi) is 6.51. The van der Waals surface area contributed by atoms with Crippen molar-refractivity contribution in [1.29, 1.82) is 0 Å². The van der Waals surface area contributed by atoms with E-state index in [0.29, 0.717) is 12.6 Å². The number of hydrogen-bond acceptors (Lipinski definition) is 4. The highest BCUT2D eigenvalue weighted by Gasteiger charge is 2.21. The van der Waals surface area contributed by atoms with Crippen LogP contribution in [0.5, 0.6) is 0 Å². The van der Waals surface area contributed by atoms with E-state index in [1.54, 1.807) is 0 Å². The fourth-order valence-electron chi connectivity index (χ4n) is 2.31. The molecule has 0 aliphatic carbocycles. The van der Waals surface area contributed by atoms with Gasteiger partial charge in [0.15, 0.2) is 0 Å². The van der Waals surface area contributed by atoms with Gasteiger partial charge in [0.1, 0.15) is 11.4 Å². The maximum atomic E-state index is 13.1. The number of benzene rings is 1. The third-order valence-electron chi connectivity index (χ3n) is 3.34.